The first-order valence-electron chi connectivity index (χ1n) is 10.2. The third-order valence-corrected chi connectivity index (χ3v) is 4.98. The average Bonchev–Trinajstić information content (AvgIpc) is 2.70. The van der Waals surface area contributed by atoms with Crippen LogP contribution in [0, 0.1) is 0 Å². The van der Waals surface area contributed by atoms with E-state index in [0.717, 1.165) is 50.7 Å². The summed E-state index contributed by atoms with van der Waals surface area (Å²) in [4.78, 5) is 3.01. The summed E-state index contributed by atoms with van der Waals surface area (Å²) >= 11 is 0. The van der Waals surface area contributed by atoms with Crippen molar-refractivity contribution in [3.63, 3.8) is 0 Å². The zero-order valence-corrected chi connectivity index (χ0v) is 16.6. The van der Waals surface area contributed by atoms with Gasteiger partial charge in [-0.05, 0) is 57.0 Å². The molecular weight excluding hydrogens is 342 g/mol. The molecule has 27 heavy (non-hydrogen) atoms. The fourth-order valence-corrected chi connectivity index (χ4v) is 3.30. The lowest BCUT2D eigenvalue weighted by Gasteiger charge is -2.26. The summed E-state index contributed by atoms with van der Waals surface area (Å²) in [7, 11) is 0. The van der Waals surface area contributed by atoms with Crippen molar-refractivity contribution in [3.8, 4) is 0 Å². The molecule has 0 spiro atoms. The molecule has 1 aromatic rings. The van der Waals surface area contributed by atoms with Crippen molar-refractivity contribution in [3.05, 3.63) is 46.3 Å². The monoisotopic (exact) mass is 375 g/mol. The van der Waals surface area contributed by atoms with Gasteiger partial charge in [0, 0.05) is 11.5 Å². The Hall–Kier alpha value is -1.59. The van der Waals surface area contributed by atoms with Crippen molar-refractivity contribution in [2.45, 2.75) is 89.9 Å². The lowest BCUT2D eigenvalue weighted by molar-refractivity contribution is -0.185. The fourth-order valence-electron chi connectivity index (χ4n) is 3.30. The Morgan fingerprint density at radius 2 is 1.96 bits per heavy atom. The fraction of sp³-hybridized carbons (Fsp3) is 0.714. The first-order valence-corrected chi connectivity index (χ1v) is 10.2. The topological polar surface area (TPSA) is 76.5 Å². The van der Waals surface area contributed by atoms with E-state index in [2.05, 4.69) is 16.9 Å². The highest BCUT2D eigenvalue weighted by Gasteiger charge is 2.18. The molecule has 1 aliphatic rings. The summed E-state index contributed by atoms with van der Waals surface area (Å²) in [6.07, 6.45) is 7.22. The molecule has 0 N–H and O–H groups in total. The SMILES string of the molecule is CC(CCCC[C@@H](N=[N+]=[N-])[C@H](C)OCc1ccccc1)OC1CCCCO1. The van der Waals surface area contributed by atoms with E-state index >= 15 is 0 Å². The van der Waals surface area contributed by atoms with Gasteiger partial charge < -0.3 is 14.2 Å². The van der Waals surface area contributed by atoms with Crippen LogP contribution in [0.3, 0.4) is 0 Å². The van der Waals surface area contributed by atoms with Crippen molar-refractivity contribution < 1.29 is 14.2 Å². The standard InChI is InChI=1S/C21H33N3O3/c1-17(27-21-14-8-9-15-25-21)10-6-7-13-20(23-24-22)18(2)26-16-19-11-4-3-5-12-19/h3-5,11-12,17-18,20-21H,6-10,13-16H2,1-2H3/t17?,18-,20+,21?/m0/s1. The summed E-state index contributed by atoms with van der Waals surface area (Å²) in [6, 6.07) is 9.91. The van der Waals surface area contributed by atoms with Gasteiger partial charge in [0.05, 0.1) is 24.9 Å². The minimum Gasteiger partial charge on any atom is -0.373 e. The van der Waals surface area contributed by atoms with Gasteiger partial charge in [0.25, 0.3) is 0 Å². The minimum atomic E-state index is -0.142. The highest BCUT2D eigenvalue weighted by Crippen LogP contribution is 2.19. The molecular formula is C21H33N3O3. The molecule has 6 nitrogen and oxygen atoms in total. The molecule has 2 rings (SSSR count). The zero-order valence-electron chi connectivity index (χ0n) is 16.6. The maximum Gasteiger partial charge on any atom is 0.157 e. The number of nitrogens with zero attached hydrogens (tertiary/aromatic N) is 3. The lowest BCUT2D eigenvalue weighted by atomic mass is 10.0. The largest absolute Gasteiger partial charge is 0.373 e. The van der Waals surface area contributed by atoms with Gasteiger partial charge in [-0.25, -0.2) is 0 Å². The Balaban J connectivity index is 1.64. The number of hydrogen-bond donors (Lipinski definition) is 0. The number of ether oxygens (including phenoxy) is 3. The summed E-state index contributed by atoms with van der Waals surface area (Å²) in [5, 5.41) is 3.95. The molecule has 6 heteroatoms. The Morgan fingerprint density at radius 1 is 1.19 bits per heavy atom. The number of rotatable bonds is 12. The van der Waals surface area contributed by atoms with Crippen molar-refractivity contribution >= 4 is 0 Å². The molecule has 0 bridgehead atoms. The van der Waals surface area contributed by atoms with Gasteiger partial charge in [-0.3, -0.25) is 0 Å². The van der Waals surface area contributed by atoms with Crippen LogP contribution in [0.1, 0.15) is 64.4 Å². The third kappa shape index (κ3) is 8.76. The molecule has 0 saturated carbocycles. The Kier molecular flexibility index (Phi) is 10.2. The van der Waals surface area contributed by atoms with E-state index in [9.17, 15) is 0 Å². The van der Waals surface area contributed by atoms with E-state index in [1.165, 1.54) is 6.42 Å². The van der Waals surface area contributed by atoms with Crippen LogP contribution in [-0.4, -0.2) is 31.1 Å². The van der Waals surface area contributed by atoms with Crippen LogP contribution < -0.4 is 0 Å². The van der Waals surface area contributed by atoms with Gasteiger partial charge in [-0.15, -0.1) is 0 Å². The van der Waals surface area contributed by atoms with E-state index in [0.29, 0.717) is 6.61 Å². The molecule has 1 saturated heterocycles. The molecule has 1 heterocycles. The third-order valence-electron chi connectivity index (χ3n) is 4.98. The second-order valence-electron chi connectivity index (χ2n) is 7.30. The van der Waals surface area contributed by atoms with Crippen molar-refractivity contribution in [1.29, 1.82) is 0 Å². The van der Waals surface area contributed by atoms with E-state index < -0.39 is 0 Å². The van der Waals surface area contributed by atoms with Gasteiger partial charge in [0.2, 0.25) is 0 Å². The van der Waals surface area contributed by atoms with Crippen LogP contribution in [0.5, 0.6) is 0 Å². The smallest absolute Gasteiger partial charge is 0.157 e. The quantitative estimate of drug-likeness (QED) is 0.202. The average molecular weight is 376 g/mol. The van der Waals surface area contributed by atoms with Crippen LogP contribution in [0.25, 0.3) is 10.4 Å². The normalized spacial score (nSPS) is 20.4. The van der Waals surface area contributed by atoms with Crippen molar-refractivity contribution in [2.75, 3.05) is 6.61 Å². The molecule has 0 radical (unpaired) electrons. The molecule has 150 valence electrons. The molecule has 0 aliphatic carbocycles. The zero-order chi connectivity index (χ0) is 19.3. The van der Waals surface area contributed by atoms with Gasteiger partial charge in [-0.1, -0.05) is 48.3 Å². The van der Waals surface area contributed by atoms with Gasteiger partial charge >= 0.3 is 0 Å². The Morgan fingerprint density at radius 3 is 2.67 bits per heavy atom. The van der Waals surface area contributed by atoms with Crippen LogP contribution in [0.4, 0.5) is 0 Å². The molecule has 0 aromatic heterocycles. The van der Waals surface area contributed by atoms with Gasteiger partial charge in [0.15, 0.2) is 6.29 Å². The predicted octanol–water partition coefficient (Wildman–Crippen LogP) is 5.76. The van der Waals surface area contributed by atoms with E-state index in [4.69, 9.17) is 19.7 Å². The molecule has 2 unspecified atom stereocenters. The minimum absolute atomic E-state index is 0.0314. The maximum atomic E-state index is 8.87. The first kappa shape index (κ1) is 21.7. The van der Waals surface area contributed by atoms with Gasteiger partial charge in [0.1, 0.15) is 0 Å². The summed E-state index contributed by atoms with van der Waals surface area (Å²) in [5.41, 5.74) is 9.99. The van der Waals surface area contributed by atoms with Crippen LogP contribution in [-0.2, 0) is 20.8 Å². The Labute approximate surface area is 162 Å². The molecule has 1 aliphatic heterocycles. The Bertz CT molecular complexity index is 557. The van der Waals surface area contributed by atoms with Crippen LogP contribution in [0.15, 0.2) is 35.4 Å². The van der Waals surface area contributed by atoms with Crippen LogP contribution in [0.2, 0.25) is 0 Å². The highest BCUT2D eigenvalue weighted by molar-refractivity contribution is 5.13. The van der Waals surface area contributed by atoms with Crippen molar-refractivity contribution in [2.24, 2.45) is 5.11 Å². The first-order chi connectivity index (χ1) is 13.2. The van der Waals surface area contributed by atoms with Crippen LogP contribution >= 0.6 is 0 Å². The summed E-state index contributed by atoms with van der Waals surface area (Å²) in [5.74, 6) is 0. The van der Waals surface area contributed by atoms with E-state index in [-0.39, 0.29) is 24.5 Å². The lowest BCUT2D eigenvalue weighted by Crippen LogP contribution is -2.26. The molecule has 4 atom stereocenters. The number of benzene rings is 1. The summed E-state index contributed by atoms with van der Waals surface area (Å²) < 4.78 is 17.5. The second-order valence-corrected chi connectivity index (χ2v) is 7.30. The van der Waals surface area contributed by atoms with Gasteiger partial charge in [-0.2, -0.15) is 0 Å². The van der Waals surface area contributed by atoms with Crippen molar-refractivity contribution in [1.82, 2.24) is 0 Å². The predicted molar refractivity (Wildman–Crippen MR) is 106 cm³/mol. The number of unbranched alkanes of at least 4 members (excludes halogenated alkanes) is 1. The summed E-state index contributed by atoms with van der Waals surface area (Å²) in [6.45, 7) is 5.43. The molecule has 0 amide bonds. The molecule has 1 aromatic carbocycles. The molecule has 1 fully saturated rings. The number of azide groups is 1. The van der Waals surface area contributed by atoms with E-state index in [1.807, 2.05) is 37.3 Å². The maximum absolute atomic E-state index is 8.87. The van der Waals surface area contributed by atoms with E-state index in [1.54, 1.807) is 0 Å². The highest BCUT2D eigenvalue weighted by atomic mass is 16.7. The number of hydrogen-bond acceptors (Lipinski definition) is 4. The second kappa shape index (κ2) is 12.7.